The lowest BCUT2D eigenvalue weighted by atomic mass is 9.95. The zero-order valence-corrected chi connectivity index (χ0v) is 47.9. The highest BCUT2D eigenvalue weighted by Crippen LogP contribution is 2.39. The molecule has 0 aromatic heterocycles. The number of ether oxygens (including phenoxy) is 12. The molecule has 6 aliphatic heterocycles. The molecule has 0 amide bonds. The molecule has 6 heterocycles. The van der Waals surface area contributed by atoms with Crippen LogP contribution in [0.15, 0.2) is 0 Å². The summed E-state index contributed by atoms with van der Waals surface area (Å²) in [6.45, 7) is 7.08. The molecule has 26 unspecified atom stereocenters. The van der Waals surface area contributed by atoms with Gasteiger partial charge in [-0.25, -0.2) is 0 Å². The van der Waals surface area contributed by atoms with Gasteiger partial charge in [0.1, 0.15) is 91.6 Å². The minimum absolute atomic E-state index is 0.0548. The summed E-state index contributed by atoms with van der Waals surface area (Å²) in [7, 11) is 0. The summed E-state index contributed by atoms with van der Waals surface area (Å²) in [5.74, 6) is -1.52. The largest absolute Gasteiger partial charge is 0.454 e. The molecule has 0 bridgehead atoms. The number of fused-ring (bicyclic) bond motifs is 2. The lowest BCUT2D eigenvalue weighted by Gasteiger charge is -2.51. The van der Waals surface area contributed by atoms with E-state index in [0.717, 1.165) is 89.9 Å². The molecular formula is C56H98O25. The van der Waals surface area contributed by atoms with Crippen molar-refractivity contribution in [2.24, 2.45) is 0 Å². The molecular weight excluding hydrogens is 1070 g/mol. The van der Waals surface area contributed by atoms with Gasteiger partial charge >= 0.3 is 11.9 Å². The van der Waals surface area contributed by atoms with Crippen LogP contribution in [0.4, 0.5) is 0 Å². The molecule has 6 aliphatic rings. The monoisotopic (exact) mass is 1170 g/mol. The molecule has 6 saturated heterocycles. The molecule has 0 aromatic carbocycles. The van der Waals surface area contributed by atoms with Gasteiger partial charge in [0.05, 0.1) is 37.6 Å². The van der Waals surface area contributed by atoms with Crippen molar-refractivity contribution in [3.63, 3.8) is 0 Å². The van der Waals surface area contributed by atoms with E-state index in [1.807, 2.05) is 0 Å². The normalized spacial score (nSPS) is 43.5. The number of aliphatic hydroxyl groups excluding tert-OH is 11. The third-order valence-electron chi connectivity index (χ3n) is 16.5. The van der Waals surface area contributed by atoms with Crippen LogP contribution in [0, 0.1) is 0 Å². The smallest absolute Gasteiger partial charge is 0.306 e. The van der Waals surface area contributed by atoms with Crippen molar-refractivity contribution in [2.45, 2.75) is 329 Å². The molecule has 0 spiro atoms. The van der Waals surface area contributed by atoms with Crippen LogP contribution in [-0.4, -0.2) is 241 Å². The summed E-state index contributed by atoms with van der Waals surface area (Å²) in [5.41, 5.74) is 0. The van der Waals surface area contributed by atoms with Gasteiger partial charge in [-0.15, -0.1) is 0 Å². The number of hydrogen-bond donors (Lipinski definition) is 11. The second-order valence-electron chi connectivity index (χ2n) is 22.9. The van der Waals surface area contributed by atoms with Gasteiger partial charge in [-0.2, -0.15) is 0 Å². The summed E-state index contributed by atoms with van der Waals surface area (Å²) in [4.78, 5) is 27.9. The van der Waals surface area contributed by atoms with Crippen LogP contribution in [0.3, 0.4) is 0 Å². The minimum Gasteiger partial charge on any atom is -0.454 e. The van der Waals surface area contributed by atoms with Crippen molar-refractivity contribution in [1.82, 2.24) is 0 Å². The van der Waals surface area contributed by atoms with E-state index in [1.165, 1.54) is 20.8 Å². The highest BCUT2D eigenvalue weighted by Gasteiger charge is 2.58. The van der Waals surface area contributed by atoms with Crippen molar-refractivity contribution >= 4 is 11.9 Å². The Morgan fingerprint density at radius 2 is 1.00 bits per heavy atom. The van der Waals surface area contributed by atoms with Crippen LogP contribution in [0.2, 0.25) is 0 Å². The van der Waals surface area contributed by atoms with Crippen molar-refractivity contribution < 1.29 is 123 Å². The number of carbonyl (C=O) groups is 2. The third kappa shape index (κ3) is 18.6. The topological polar surface area (TPSA) is 367 Å². The van der Waals surface area contributed by atoms with Gasteiger partial charge < -0.3 is 113 Å². The first-order chi connectivity index (χ1) is 38.8. The summed E-state index contributed by atoms with van der Waals surface area (Å²) in [6, 6.07) is 0. The van der Waals surface area contributed by atoms with Crippen molar-refractivity contribution in [3.8, 4) is 0 Å². The summed E-state index contributed by atoms with van der Waals surface area (Å²) in [6.07, 6.45) is -25.5. The van der Waals surface area contributed by atoms with Gasteiger partial charge in [-0.05, 0) is 46.5 Å². The Labute approximate surface area is 475 Å². The first-order valence-electron chi connectivity index (χ1n) is 30.1. The predicted molar refractivity (Wildman–Crippen MR) is 281 cm³/mol. The Morgan fingerprint density at radius 3 is 1.68 bits per heavy atom. The fraction of sp³-hybridized carbons (Fsp3) is 0.964. The molecule has 0 saturated carbocycles. The van der Waals surface area contributed by atoms with Crippen molar-refractivity contribution in [2.75, 3.05) is 13.2 Å². The predicted octanol–water partition coefficient (Wildman–Crippen LogP) is 0.898. The fourth-order valence-electron chi connectivity index (χ4n) is 11.5. The maximum atomic E-state index is 14.1. The average Bonchev–Trinajstić information content (AvgIpc) is 3.48. The highest BCUT2D eigenvalue weighted by atomic mass is 16.8. The molecule has 11 N–H and O–H groups in total. The Balaban J connectivity index is 1.35. The Bertz CT molecular complexity index is 1800. The molecule has 6 rings (SSSR count). The number of aliphatic hydroxyl groups is 11. The van der Waals surface area contributed by atoms with E-state index in [4.69, 9.17) is 56.8 Å². The molecule has 26 atom stereocenters. The van der Waals surface area contributed by atoms with Crippen molar-refractivity contribution in [3.05, 3.63) is 0 Å². The molecule has 81 heavy (non-hydrogen) atoms. The van der Waals surface area contributed by atoms with Crippen LogP contribution >= 0.6 is 0 Å². The van der Waals surface area contributed by atoms with Crippen LogP contribution < -0.4 is 0 Å². The Morgan fingerprint density at radius 1 is 0.469 bits per heavy atom. The third-order valence-corrected chi connectivity index (χ3v) is 16.5. The van der Waals surface area contributed by atoms with Gasteiger partial charge in [0.15, 0.2) is 43.7 Å². The molecule has 25 nitrogen and oxygen atoms in total. The molecule has 0 aliphatic carbocycles. The maximum absolute atomic E-state index is 14.1. The average molecular weight is 1170 g/mol. The van der Waals surface area contributed by atoms with Crippen LogP contribution in [-0.2, 0) is 66.4 Å². The minimum atomic E-state index is -2.00. The molecule has 472 valence electrons. The van der Waals surface area contributed by atoms with Crippen LogP contribution in [0.25, 0.3) is 0 Å². The van der Waals surface area contributed by atoms with Gasteiger partial charge in [-0.3, -0.25) is 9.59 Å². The Hall–Kier alpha value is -1.90. The van der Waals surface area contributed by atoms with Gasteiger partial charge in [0.25, 0.3) is 0 Å². The first kappa shape index (κ1) is 68.2. The van der Waals surface area contributed by atoms with E-state index in [0.29, 0.717) is 32.1 Å². The first-order valence-corrected chi connectivity index (χ1v) is 30.1. The second-order valence-corrected chi connectivity index (χ2v) is 22.9. The zero-order chi connectivity index (χ0) is 58.9. The van der Waals surface area contributed by atoms with E-state index >= 15 is 0 Å². The van der Waals surface area contributed by atoms with Crippen molar-refractivity contribution in [1.29, 1.82) is 0 Å². The van der Waals surface area contributed by atoms with E-state index < -0.39 is 179 Å². The molecule has 6 fully saturated rings. The van der Waals surface area contributed by atoms with Crippen LogP contribution in [0.1, 0.15) is 169 Å². The lowest BCUT2D eigenvalue weighted by Crippen LogP contribution is -2.68. The Kier molecular flexibility index (Phi) is 28.5. The quantitative estimate of drug-likeness (QED) is 0.0562. The number of hydrogen-bond acceptors (Lipinski definition) is 25. The standard InChI is InChI=1S/C56H98O25/c1-6-8-10-11-13-17-22-26-36(60)77-51-50(81-53-44(68)41(65)38(62)33(27-57)74-53)47(79-52-43(67)40(64)37(61)29(3)70-52)31(5)72-56(51)78-46-30(4)71-54-49(45(46)69)76-35(59)25-21-18-15-12-14-16-20-24-32(23-19-9-7-2)73-55-48(80-54)42(66)39(63)34(28-58)75-55/h29-34,37-58,61-69H,6-28H2,1-5H3. The second kappa shape index (κ2) is 33.9. The number of unbranched alkanes of at least 4 members (excludes halogenated alkanes) is 8. The zero-order valence-electron chi connectivity index (χ0n) is 47.9. The fourth-order valence-corrected chi connectivity index (χ4v) is 11.5. The maximum Gasteiger partial charge on any atom is 0.306 e. The van der Waals surface area contributed by atoms with E-state index in [-0.39, 0.29) is 18.9 Å². The molecule has 0 radical (unpaired) electrons. The summed E-state index contributed by atoms with van der Waals surface area (Å²) in [5, 5.41) is 121. The van der Waals surface area contributed by atoms with Gasteiger partial charge in [0.2, 0.25) is 0 Å². The molecule has 0 aromatic rings. The highest BCUT2D eigenvalue weighted by molar-refractivity contribution is 5.70. The number of rotatable bonds is 21. The lowest BCUT2D eigenvalue weighted by molar-refractivity contribution is -0.400. The van der Waals surface area contributed by atoms with E-state index in [1.54, 1.807) is 0 Å². The van der Waals surface area contributed by atoms with Crippen LogP contribution in [0.5, 0.6) is 0 Å². The SMILES string of the molecule is CCCCCCCCCC(=O)OC1C(OC2C(C)OC3OC4C(OC(CCCCC)CCCCCCCCCC(=O)OC3C2O)OC(CO)C(O)C4O)OC(C)C(OC2OC(C)C(O)C(O)C2O)C1OC1OC(CO)C(O)C(O)C1O. The van der Waals surface area contributed by atoms with Gasteiger partial charge in [-0.1, -0.05) is 110 Å². The van der Waals surface area contributed by atoms with E-state index in [9.17, 15) is 65.8 Å². The summed E-state index contributed by atoms with van der Waals surface area (Å²) >= 11 is 0. The number of esters is 2. The molecule has 25 heteroatoms. The summed E-state index contributed by atoms with van der Waals surface area (Å²) < 4.78 is 75.2. The van der Waals surface area contributed by atoms with Gasteiger partial charge in [0, 0.05) is 12.8 Å². The van der Waals surface area contributed by atoms with E-state index in [2.05, 4.69) is 13.8 Å². The number of carbonyl (C=O) groups excluding carboxylic acids is 2.